The van der Waals surface area contributed by atoms with Crippen LogP contribution < -0.4 is 0 Å². The number of aliphatic hydroxyl groups excluding tert-OH is 1. The molecule has 1 heteroatoms. The van der Waals surface area contributed by atoms with Crippen molar-refractivity contribution in [3.63, 3.8) is 0 Å². The van der Waals surface area contributed by atoms with Crippen molar-refractivity contribution in [3.05, 3.63) is 12.2 Å². The van der Waals surface area contributed by atoms with Gasteiger partial charge in [0.05, 0.1) is 0 Å². The molecule has 0 saturated carbocycles. The summed E-state index contributed by atoms with van der Waals surface area (Å²) in [5.74, 6) is 0. The molecule has 0 atom stereocenters. The van der Waals surface area contributed by atoms with Crippen molar-refractivity contribution in [2.24, 2.45) is 0 Å². The topological polar surface area (TPSA) is 20.2 Å². The van der Waals surface area contributed by atoms with E-state index in [1.807, 2.05) is 0 Å². The largest absolute Gasteiger partial charge is 0.396 e. The fourth-order valence-electron chi connectivity index (χ4n) is 0.135. The van der Waals surface area contributed by atoms with Crippen LogP contribution in [0.15, 0.2) is 12.2 Å². The minimum Gasteiger partial charge on any atom is -0.396 e. The molecule has 0 aliphatic heterocycles. The van der Waals surface area contributed by atoms with E-state index in [2.05, 4.69) is 6.58 Å². The molecular weight excluding hydrogens is 76.1 g/mol. The fourth-order valence-corrected chi connectivity index (χ4v) is 0.135. The molecule has 6 heavy (non-hydrogen) atoms. The summed E-state index contributed by atoms with van der Waals surface area (Å²) in [4.78, 5) is 0. The van der Waals surface area contributed by atoms with Crippen LogP contribution in [0.25, 0.3) is 0 Å². The second kappa shape index (κ2) is 2.91. The van der Waals surface area contributed by atoms with Gasteiger partial charge in [-0.2, -0.15) is 0 Å². The Balaban J connectivity index is 3.74. The standard InChI is InChI=1S/C5H10O/c1-5(2)3-4-6/h6H,1,3-4H2,2H3/i2D3. The van der Waals surface area contributed by atoms with Gasteiger partial charge in [-0.15, -0.1) is 6.58 Å². The van der Waals surface area contributed by atoms with Crippen LogP contribution in [0.5, 0.6) is 0 Å². The third kappa shape index (κ3) is 3.70. The highest BCUT2D eigenvalue weighted by molar-refractivity contribution is 4.86. The van der Waals surface area contributed by atoms with Crippen LogP contribution in [0.3, 0.4) is 0 Å². The molecule has 0 aliphatic carbocycles. The average molecular weight is 89.2 g/mol. The molecule has 0 aliphatic rings. The summed E-state index contributed by atoms with van der Waals surface area (Å²) < 4.78 is 20.3. The lowest BCUT2D eigenvalue weighted by Crippen LogP contribution is -1.79. The van der Waals surface area contributed by atoms with Gasteiger partial charge in [-0.25, -0.2) is 0 Å². The highest BCUT2D eigenvalue weighted by Crippen LogP contribution is 1.90. The van der Waals surface area contributed by atoms with Crippen LogP contribution in [-0.2, 0) is 0 Å². The molecule has 0 saturated heterocycles. The minimum atomic E-state index is -2.09. The van der Waals surface area contributed by atoms with Gasteiger partial charge in [0.1, 0.15) is 0 Å². The Hall–Kier alpha value is -0.300. The third-order valence-electron chi connectivity index (χ3n) is 0.414. The van der Waals surface area contributed by atoms with Crippen LogP contribution in [0, 0.1) is 0 Å². The molecule has 0 rings (SSSR count). The second-order valence-corrected chi connectivity index (χ2v) is 1.08. The lowest BCUT2D eigenvalue weighted by Gasteiger charge is -1.87. The van der Waals surface area contributed by atoms with Gasteiger partial charge in [0.2, 0.25) is 0 Å². The van der Waals surface area contributed by atoms with Crippen molar-refractivity contribution in [3.8, 4) is 0 Å². The lowest BCUT2D eigenvalue weighted by atomic mass is 10.3. The summed E-state index contributed by atoms with van der Waals surface area (Å²) in [6.45, 7) is 1.06. The maximum absolute atomic E-state index is 8.29. The molecule has 0 unspecified atom stereocenters. The van der Waals surface area contributed by atoms with E-state index in [9.17, 15) is 0 Å². The highest BCUT2D eigenvalue weighted by atomic mass is 16.2. The Kier molecular flexibility index (Phi) is 1.03. The Morgan fingerprint density at radius 2 is 2.83 bits per heavy atom. The van der Waals surface area contributed by atoms with E-state index in [-0.39, 0.29) is 18.6 Å². The Bertz CT molecular complexity index is 105. The van der Waals surface area contributed by atoms with Gasteiger partial charge in [-0.1, -0.05) is 5.57 Å². The zero-order valence-electron chi connectivity index (χ0n) is 6.57. The van der Waals surface area contributed by atoms with Crippen LogP contribution >= 0.6 is 0 Å². The summed E-state index contributed by atoms with van der Waals surface area (Å²) in [5, 5.41) is 8.29. The number of rotatable bonds is 2. The predicted molar refractivity (Wildman–Crippen MR) is 26.5 cm³/mol. The molecule has 0 aromatic rings. The van der Waals surface area contributed by atoms with E-state index in [1.165, 1.54) is 0 Å². The van der Waals surface area contributed by atoms with Crippen molar-refractivity contribution in [2.45, 2.75) is 13.3 Å². The summed E-state index contributed by atoms with van der Waals surface area (Å²) in [6.07, 6.45) is 0.163. The van der Waals surface area contributed by atoms with Crippen LogP contribution in [0.4, 0.5) is 0 Å². The maximum Gasteiger partial charge on any atom is 0.0467 e. The van der Waals surface area contributed by atoms with Crippen LogP contribution in [0.1, 0.15) is 17.4 Å². The monoisotopic (exact) mass is 89.1 g/mol. The first kappa shape index (κ1) is 2.12. The molecular formula is C5H10O. The zero-order valence-corrected chi connectivity index (χ0v) is 3.57. The smallest absolute Gasteiger partial charge is 0.0467 e. The quantitative estimate of drug-likeness (QED) is 0.499. The molecule has 1 nitrogen and oxygen atoms in total. The van der Waals surface area contributed by atoms with E-state index in [4.69, 9.17) is 9.22 Å². The van der Waals surface area contributed by atoms with E-state index in [0.717, 1.165) is 0 Å². The van der Waals surface area contributed by atoms with Crippen molar-refractivity contribution >= 4 is 0 Å². The molecule has 0 amide bonds. The summed E-state index contributed by atoms with van der Waals surface area (Å²) in [7, 11) is 0. The van der Waals surface area contributed by atoms with Crippen molar-refractivity contribution in [1.29, 1.82) is 0 Å². The Morgan fingerprint density at radius 1 is 2.17 bits per heavy atom. The minimum absolute atomic E-state index is 0.116. The van der Waals surface area contributed by atoms with Gasteiger partial charge < -0.3 is 5.11 Å². The number of hydrogen-bond acceptors (Lipinski definition) is 1. The molecule has 0 radical (unpaired) electrons. The number of hydrogen-bond donors (Lipinski definition) is 1. The summed E-state index contributed by atoms with van der Waals surface area (Å²) >= 11 is 0. The molecule has 0 spiro atoms. The molecule has 1 N–H and O–H groups in total. The predicted octanol–water partition coefficient (Wildman–Crippen LogP) is 0.945. The highest BCUT2D eigenvalue weighted by Gasteiger charge is 1.77. The molecule has 0 fully saturated rings. The Morgan fingerprint density at radius 3 is 3.00 bits per heavy atom. The fraction of sp³-hybridized carbons (Fsp3) is 0.600. The van der Waals surface area contributed by atoms with Gasteiger partial charge in [-0.3, -0.25) is 0 Å². The second-order valence-electron chi connectivity index (χ2n) is 1.08. The zero-order chi connectivity index (χ0) is 7.49. The molecule has 0 aromatic carbocycles. The first-order valence-electron chi connectivity index (χ1n) is 3.27. The van der Waals surface area contributed by atoms with Gasteiger partial charge in [0.15, 0.2) is 0 Å². The summed E-state index contributed by atoms with van der Waals surface area (Å²) in [6, 6.07) is 0. The molecule has 0 aromatic heterocycles. The van der Waals surface area contributed by atoms with Crippen molar-refractivity contribution in [1.82, 2.24) is 0 Å². The SMILES string of the molecule is [2H]C([2H])([2H])C(=C)CCO. The first-order valence-corrected chi connectivity index (χ1v) is 1.77. The normalized spacial score (nSPS) is 17.8. The summed E-state index contributed by atoms with van der Waals surface area (Å²) in [5.41, 5.74) is 0.116. The van der Waals surface area contributed by atoms with Crippen LogP contribution in [-0.4, -0.2) is 11.7 Å². The third-order valence-corrected chi connectivity index (χ3v) is 0.414. The van der Waals surface area contributed by atoms with Gasteiger partial charge >= 0.3 is 0 Å². The van der Waals surface area contributed by atoms with E-state index < -0.39 is 6.85 Å². The van der Waals surface area contributed by atoms with Gasteiger partial charge in [0, 0.05) is 10.7 Å². The molecule has 36 valence electrons. The van der Waals surface area contributed by atoms with E-state index >= 15 is 0 Å². The van der Waals surface area contributed by atoms with E-state index in [0.29, 0.717) is 0 Å². The number of aliphatic hydroxyl groups is 1. The van der Waals surface area contributed by atoms with Crippen LogP contribution in [0.2, 0.25) is 0 Å². The van der Waals surface area contributed by atoms with Crippen molar-refractivity contribution in [2.75, 3.05) is 6.61 Å². The molecule has 0 bridgehead atoms. The Labute approximate surface area is 42.5 Å². The average Bonchev–Trinajstić information content (AvgIpc) is 1.64. The van der Waals surface area contributed by atoms with Gasteiger partial charge in [0.25, 0.3) is 0 Å². The first-order chi connectivity index (χ1) is 3.98. The van der Waals surface area contributed by atoms with Gasteiger partial charge in [-0.05, 0) is 13.3 Å². The molecule has 0 heterocycles. The van der Waals surface area contributed by atoms with Crippen molar-refractivity contribution < 1.29 is 9.22 Å². The van der Waals surface area contributed by atoms with E-state index in [1.54, 1.807) is 0 Å². The lowest BCUT2D eigenvalue weighted by molar-refractivity contribution is 0.299. The maximum atomic E-state index is 8.29.